The van der Waals surface area contributed by atoms with Crippen LogP contribution in [0.5, 0.6) is 0 Å². The molecule has 0 saturated carbocycles. The van der Waals surface area contributed by atoms with Gasteiger partial charge in [-0.05, 0) is 32.0 Å². The summed E-state index contributed by atoms with van der Waals surface area (Å²) in [6.45, 7) is 3.32. The van der Waals surface area contributed by atoms with Gasteiger partial charge in [0.15, 0.2) is 0 Å². The second-order valence-electron chi connectivity index (χ2n) is 5.23. The van der Waals surface area contributed by atoms with E-state index in [1.54, 1.807) is 19.1 Å². The number of rotatable bonds is 2. The van der Waals surface area contributed by atoms with Crippen LogP contribution in [-0.4, -0.2) is 20.6 Å². The Kier molecular flexibility index (Phi) is 3.44. The van der Waals surface area contributed by atoms with E-state index in [4.69, 9.17) is 0 Å². The summed E-state index contributed by atoms with van der Waals surface area (Å²) in [4.78, 5) is 28.5. The minimum atomic E-state index is -1.22. The number of aromatic carboxylic acids is 1. The Hall–Kier alpha value is -3.02. The molecule has 0 unspecified atom stereocenters. The van der Waals surface area contributed by atoms with Gasteiger partial charge in [0.1, 0.15) is 5.82 Å². The predicted octanol–water partition coefficient (Wildman–Crippen LogP) is 2.84. The van der Waals surface area contributed by atoms with Crippen LogP contribution in [0.2, 0.25) is 0 Å². The molecule has 1 aromatic carbocycles. The number of carbonyl (C=O) groups is 1. The van der Waals surface area contributed by atoms with Gasteiger partial charge in [0, 0.05) is 16.8 Å². The van der Waals surface area contributed by atoms with Gasteiger partial charge >= 0.3 is 5.97 Å². The van der Waals surface area contributed by atoms with Crippen molar-refractivity contribution in [3.8, 4) is 5.69 Å². The van der Waals surface area contributed by atoms with E-state index in [0.717, 1.165) is 11.8 Å². The second kappa shape index (κ2) is 5.31. The van der Waals surface area contributed by atoms with Crippen molar-refractivity contribution in [3.63, 3.8) is 0 Å². The summed E-state index contributed by atoms with van der Waals surface area (Å²) in [5.74, 6) is -1.96. The molecule has 0 aliphatic heterocycles. The fourth-order valence-electron chi connectivity index (χ4n) is 2.69. The van der Waals surface area contributed by atoms with E-state index in [2.05, 4.69) is 4.98 Å². The zero-order valence-electron chi connectivity index (χ0n) is 12.5. The zero-order valence-corrected chi connectivity index (χ0v) is 12.5. The third-order valence-corrected chi connectivity index (χ3v) is 3.76. The molecule has 23 heavy (non-hydrogen) atoms. The number of aromatic nitrogens is 2. The molecule has 1 N–H and O–H groups in total. The van der Waals surface area contributed by atoms with Crippen LogP contribution in [0.15, 0.2) is 41.3 Å². The first-order valence-corrected chi connectivity index (χ1v) is 6.92. The summed E-state index contributed by atoms with van der Waals surface area (Å²) in [6, 6.07) is 7.32. The maximum Gasteiger partial charge on any atom is 0.338 e. The molecular weight excluding hydrogens is 299 g/mol. The largest absolute Gasteiger partial charge is 0.478 e. The number of carboxylic acid groups (broad SMARTS) is 1. The van der Waals surface area contributed by atoms with E-state index < -0.39 is 17.3 Å². The van der Waals surface area contributed by atoms with Crippen molar-refractivity contribution < 1.29 is 14.3 Å². The van der Waals surface area contributed by atoms with Gasteiger partial charge in [-0.2, -0.15) is 0 Å². The lowest BCUT2D eigenvalue weighted by atomic mass is 10.0. The molecule has 0 aliphatic carbocycles. The van der Waals surface area contributed by atoms with Crippen LogP contribution in [-0.2, 0) is 0 Å². The van der Waals surface area contributed by atoms with Crippen LogP contribution < -0.4 is 5.56 Å². The Bertz CT molecular complexity index is 991. The average molecular weight is 312 g/mol. The Morgan fingerprint density at radius 1 is 1.22 bits per heavy atom. The first kappa shape index (κ1) is 14.9. The summed E-state index contributed by atoms with van der Waals surface area (Å²) in [5.41, 5.74) is 0.674. The first-order chi connectivity index (χ1) is 10.9. The van der Waals surface area contributed by atoms with Gasteiger partial charge in [0.25, 0.3) is 5.56 Å². The summed E-state index contributed by atoms with van der Waals surface area (Å²) < 4.78 is 15.3. The highest BCUT2D eigenvalue weighted by atomic mass is 19.1. The van der Waals surface area contributed by atoms with E-state index in [0.29, 0.717) is 5.69 Å². The molecule has 0 fully saturated rings. The van der Waals surface area contributed by atoms with E-state index in [9.17, 15) is 19.1 Å². The molecule has 6 heteroatoms. The fourth-order valence-corrected chi connectivity index (χ4v) is 2.69. The number of benzene rings is 1. The van der Waals surface area contributed by atoms with Gasteiger partial charge in [0.2, 0.25) is 0 Å². The summed E-state index contributed by atoms with van der Waals surface area (Å²) in [5, 5.41) is 9.36. The van der Waals surface area contributed by atoms with E-state index in [1.807, 2.05) is 0 Å². The maximum atomic E-state index is 14.2. The first-order valence-electron chi connectivity index (χ1n) is 6.92. The number of hydrogen-bond acceptors (Lipinski definition) is 3. The molecule has 0 saturated heterocycles. The van der Waals surface area contributed by atoms with Gasteiger partial charge in [0.05, 0.1) is 22.8 Å². The van der Waals surface area contributed by atoms with Crippen molar-refractivity contribution in [1.29, 1.82) is 0 Å². The lowest BCUT2D eigenvalue weighted by Gasteiger charge is -2.15. The van der Waals surface area contributed by atoms with Crippen LogP contribution in [0, 0.1) is 19.7 Å². The molecule has 0 radical (unpaired) electrons. The van der Waals surface area contributed by atoms with Crippen molar-refractivity contribution in [2.75, 3.05) is 0 Å². The molecule has 116 valence electrons. The topological polar surface area (TPSA) is 72.2 Å². The lowest BCUT2D eigenvalue weighted by molar-refractivity contribution is 0.0697. The predicted molar refractivity (Wildman–Crippen MR) is 83.7 cm³/mol. The molecule has 0 bridgehead atoms. The number of fused-ring (bicyclic) bond motifs is 1. The van der Waals surface area contributed by atoms with Crippen LogP contribution in [0.3, 0.4) is 0 Å². The third kappa shape index (κ3) is 2.28. The molecular formula is C17H13FN2O3. The van der Waals surface area contributed by atoms with Crippen molar-refractivity contribution >= 4 is 16.7 Å². The number of aryl methyl sites for hydroxylation is 1. The molecule has 3 rings (SSSR count). The van der Waals surface area contributed by atoms with Crippen molar-refractivity contribution in [2.45, 2.75) is 13.8 Å². The molecule has 2 aromatic heterocycles. The Balaban J connectivity index is 2.53. The molecule has 5 nitrogen and oxygen atoms in total. The normalized spacial score (nSPS) is 10.9. The van der Waals surface area contributed by atoms with E-state index >= 15 is 0 Å². The molecule has 3 aromatic rings. The number of pyridine rings is 2. The minimum absolute atomic E-state index is 0.0938. The van der Waals surface area contributed by atoms with E-state index in [-0.39, 0.29) is 22.0 Å². The van der Waals surface area contributed by atoms with Crippen LogP contribution in [0.25, 0.3) is 16.5 Å². The quantitative estimate of drug-likeness (QED) is 0.790. The summed E-state index contributed by atoms with van der Waals surface area (Å²) in [6.07, 6.45) is 1.46. The number of halogens is 1. The van der Waals surface area contributed by atoms with Crippen molar-refractivity contribution in [2.24, 2.45) is 0 Å². The monoisotopic (exact) mass is 312 g/mol. The second-order valence-corrected chi connectivity index (χ2v) is 5.23. The Morgan fingerprint density at radius 2 is 1.96 bits per heavy atom. The summed E-state index contributed by atoms with van der Waals surface area (Å²) >= 11 is 0. The minimum Gasteiger partial charge on any atom is -0.478 e. The van der Waals surface area contributed by atoms with Crippen molar-refractivity contribution in [1.82, 2.24) is 9.55 Å². The van der Waals surface area contributed by atoms with Gasteiger partial charge in [-0.15, -0.1) is 0 Å². The highest BCUT2D eigenvalue weighted by Crippen LogP contribution is 2.23. The highest BCUT2D eigenvalue weighted by Gasteiger charge is 2.21. The lowest BCUT2D eigenvalue weighted by Crippen LogP contribution is -2.25. The number of nitrogens with zero attached hydrogens (tertiary/aromatic N) is 2. The third-order valence-electron chi connectivity index (χ3n) is 3.76. The zero-order chi connectivity index (χ0) is 16.7. The van der Waals surface area contributed by atoms with Crippen LogP contribution in [0.4, 0.5) is 4.39 Å². The van der Waals surface area contributed by atoms with Gasteiger partial charge in [-0.3, -0.25) is 14.3 Å². The van der Waals surface area contributed by atoms with Crippen LogP contribution >= 0.6 is 0 Å². The standard InChI is InChI=1S/C17H13FN2O3/c1-9-6-7-11(8-19-9)20-10(2)14(17(22)23)12-4-3-5-13(18)15(12)16(20)21/h3-8H,1-2H3,(H,22,23). The van der Waals surface area contributed by atoms with Gasteiger partial charge in [-0.25, -0.2) is 9.18 Å². The van der Waals surface area contributed by atoms with Crippen LogP contribution in [0.1, 0.15) is 21.7 Å². The number of carboxylic acids is 1. The molecule has 0 aliphatic rings. The molecule has 2 heterocycles. The SMILES string of the molecule is Cc1ccc(-n2c(C)c(C(=O)O)c3cccc(F)c3c2=O)cn1. The Morgan fingerprint density at radius 3 is 2.57 bits per heavy atom. The maximum absolute atomic E-state index is 14.2. The fraction of sp³-hybridized carbons (Fsp3) is 0.118. The number of hydrogen-bond donors (Lipinski definition) is 1. The average Bonchev–Trinajstić information content (AvgIpc) is 2.48. The smallest absolute Gasteiger partial charge is 0.338 e. The van der Waals surface area contributed by atoms with Gasteiger partial charge < -0.3 is 5.11 Å². The van der Waals surface area contributed by atoms with Crippen molar-refractivity contribution in [3.05, 3.63) is 69.7 Å². The highest BCUT2D eigenvalue weighted by molar-refractivity contribution is 6.04. The molecule has 0 spiro atoms. The molecule has 0 atom stereocenters. The summed E-state index contributed by atoms with van der Waals surface area (Å²) in [7, 11) is 0. The molecule has 0 amide bonds. The van der Waals surface area contributed by atoms with Gasteiger partial charge in [-0.1, -0.05) is 12.1 Å². The Labute approximate surface area is 130 Å². The van der Waals surface area contributed by atoms with E-state index in [1.165, 1.54) is 29.8 Å².